The third-order valence-electron chi connectivity index (χ3n) is 2.67. The van der Waals surface area contributed by atoms with E-state index in [1.54, 1.807) is 10.7 Å². The lowest BCUT2D eigenvalue weighted by atomic mass is 10.2. The summed E-state index contributed by atoms with van der Waals surface area (Å²) >= 11 is 0. The molecule has 0 aliphatic rings. The lowest BCUT2D eigenvalue weighted by Crippen LogP contribution is -2.31. The fourth-order valence-corrected chi connectivity index (χ4v) is 1.99. The highest BCUT2D eigenvalue weighted by Gasteiger charge is 2.09. The van der Waals surface area contributed by atoms with Crippen LogP contribution in [0.5, 0.6) is 0 Å². The molecular formula is C13H13N4+. The van der Waals surface area contributed by atoms with Gasteiger partial charge in [0.15, 0.2) is 18.0 Å². The monoisotopic (exact) mass is 225 g/mol. The maximum atomic E-state index is 4.36. The summed E-state index contributed by atoms with van der Waals surface area (Å²) in [4.78, 5) is 4.36. The Hall–Kier alpha value is -2.23. The van der Waals surface area contributed by atoms with E-state index in [-0.39, 0.29) is 0 Å². The largest absolute Gasteiger partial charge is 0.247 e. The van der Waals surface area contributed by atoms with Gasteiger partial charge in [0.1, 0.15) is 12.4 Å². The number of aromatic nitrogens is 4. The average Bonchev–Trinajstić information content (AvgIpc) is 2.74. The van der Waals surface area contributed by atoms with E-state index in [1.165, 1.54) is 11.1 Å². The van der Waals surface area contributed by atoms with Crippen LogP contribution in [0.1, 0.15) is 11.1 Å². The molecule has 0 bridgehead atoms. The van der Waals surface area contributed by atoms with Gasteiger partial charge in [0.2, 0.25) is 5.69 Å². The number of pyridine rings is 1. The predicted octanol–water partition coefficient (Wildman–Crippen LogP) is 1.62. The van der Waals surface area contributed by atoms with Crippen molar-refractivity contribution in [1.29, 1.82) is 0 Å². The molecule has 0 aliphatic heterocycles. The Bertz CT molecular complexity index is 664. The fourth-order valence-electron chi connectivity index (χ4n) is 1.99. The van der Waals surface area contributed by atoms with Gasteiger partial charge in [-0.3, -0.25) is 0 Å². The van der Waals surface area contributed by atoms with E-state index in [9.17, 15) is 0 Å². The lowest BCUT2D eigenvalue weighted by Gasteiger charge is -1.99. The van der Waals surface area contributed by atoms with Gasteiger partial charge in [0, 0.05) is 17.2 Å². The van der Waals surface area contributed by atoms with Gasteiger partial charge in [0.05, 0.1) is 6.20 Å². The first kappa shape index (κ1) is 9.96. The maximum Gasteiger partial charge on any atom is 0.247 e. The molecule has 3 rings (SSSR count). The molecule has 0 spiro atoms. The van der Waals surface area contributed by atoms with E-state index in [0.29, 0.717) is 0 Å². The van der Waals surface area contributed by atoms with Crippen LogP contribution in [0, 0.1) is 13.8 Å². The lowest BCUT2D eigenvalue weighted by molar-refractivity contribution is -0.597. The van der Waals surface area contributed by atoms with Gasteiger partial charge in [-0.25, -0.2) is 9.50 Å². The van der Waals surface area contributed by atoms with Crippen molar-refractivity contribution in [3.63, 3.8) is 0 Å². The van der Waals surface area contributed by atoms with Crippen molar-refractivity contribution in [2.24, 2.45) is 0 Å². The molecule has 84 valence electrons. The first-order valence-corrected chi connectivity index (χ1v) is 5.52. The first-order valence-electron chi connectivity index (χ1n) is 5.52. The van der Waals surface area contributed by atoms with E-state index in [1.807, 2.05) is 18.5 Å². The molecular weight excluding hydrogens is 212 g/mol. The van der Waals surface area contributed by atoms with Gasteiger partial charge in [0.25, 0.3) is 0 Å². The molecule has 0 aromatic carbocycles. The van der Waals surface area contributed by atoms with E-state index < -0.39 is 0 Å². The zero-order chi connectivity index (χ0) is 11.8. The SMILES string of the molecule is Cc1cc(C)c[n+](-c2cnc3ccnn3c2)c1. The smallest absolute Gasteiger partial charge is 0.230 e. The Morgan fingerprint density at radius 1 is 1.18 bits per heavy atom. The molecule has 4 heteroatoms. The van der Waals surface area contributed by atoms with Gasteiger partial charge >= 0.3 is 0 Å². The summed E-state index contributed by atoms with van der Waals surface area (Å²) in [5, 5.41) is 4.19. The Kier molecular flexibility index (Phi) is 2.14. The second-order valence-corrected chi connectivity index (χ2v) is 4.24. The highest BCUT2D eigenvalue weighted by atomic mass is 15.2. The summed E-state index contributed by atoms with van der Waals surface area (Å²) in [5.41, 5.74) is 4.32. The number of hydrogen-bond donors (Lipinski definition) is 0. The summed E-state index contributed by atoms with van der Waals surface area (Å²) in [6.07, 6.45) is 9.74. The van der Waals surface area contributed by atoms with Crippen LogP contribution < -0.4 is 4.57 Å². The molecule has 3 aromatic heterocycles. The third kappa shape index (κ3) is 1.78. The quantitative estimate of drug-likeness (QED) is 0.590. The maximum absolute atomic E-state index is 4.36. The number of aryl methyl sites for hydroxylation is 2. The van der Waals surface area contributed by atoms with Gasteiger partial charge in [-0.2, -0.15) is 9.67 Å². The molecule has 3 aromatic rings. The molecule has 0 N–H and O–H groups in total. The summed E-state index contributed by atoms with van der Waals surface area (Å²) in [6, 6.07) is 4.03. The highest BCUT2D eigenvalue weighted by molar-refractivity contribution is 5.37. The van der Waals surface area contributed by atoms with E-state index in [4.69, 9.17) is 0 Å². The molecule has 0 unspecified atom stereocenters. The minimum atomic E-state index is 0.860. The predicted molar refractivity (Wildman–Crippen MR) is 64.0 cm³/mol. The number of rotatable bonds is 1. The summed E-state index contributed by atoms with van der Waals surface area (Å²) in [7, 11) is 0. The summed E-state index contributed by atoms with van der Waals surface area (Å²) in [5.74, 6) is 0. The topological polar surface area (TPSA) is 34.1 Å². The number of fused-ring (bicyclic) bond motifs is 1. The third-order valence-corrected chi connectivity index (χ3v) is 2.67. The van der Waals surface area contributed by atoms with Gasteiger partial charge < -0.3 is 0 Å². The molecule has 0 saturated heterocycles. The van der Waals surface area contributed by atoms with Crippen LogP contribution in [-0.2, 0) is 0 Å². The summed E-state index contributed by atoms with van der Waals surface area (Å²) in [6.45, 7) is 4.17. The van der Waals surface area contributed by atoms with Crippen molar-refractivity contribution in [1.82, 2.24) is 14.6 Å². The van der Waals surface area contributed by atoms with Crippen LogP contribution in [0.25, 0.3) is 11.3 Å². The molecule has 0 radical (unpaired) electrons. The molecule has 3 heterocycles. The van der Waals surface area contributed by atoms with Crippen LogP contribution in [0.4, 0.5) is 0 Å². The molecule has 4 nitrogen and oxygen atoms in total. The number of hydrogen-bond acceptors (Lipinski definition) is 2. The van der Waals surface area contributed by atoms with Crippen molar-refractivity contribution < 1.29 is 4.57 Å². The van der Waals surface area contributed by atoms with Gasteiger partial charge in [-0.15, -0.1) is 0 Å². The molecule has 0 fully saturated rings. The zero-order valence-corrected chi connectivity index (χ0v) is 9.83. The first-order chi connectivity index (χ1) is 8.22. The van der Waals surface area contributed by atoms with Gasteiger partial charge in [-0.1, -0.05) is 0 Å². The van der Waals surface area contributed by atoms with Crippen molar-refractivity contribution in [3.8, 4) is 5.69 Å². The molecule has 0 saturated carbocycles. The second kappa shape index (κ2) is 3.66. The van der Waals surface area contributed by atoms with Crippen LogP contribution in [0.15, 0.2) is 43.1 Å². The van der Waals surface area contributed by atoms with Crippen LogP contribution in [0.3, 0.4) is 0 Å². The molecule has 0 aliphatic carbocycles. The standard InChI is InChI=1S/C13H13N4/c1-10-5-11(2)8-16(7-10)12-6-14-13-3-4-15-17(13)9-12/h3-9H,1-2H3/q+1. The van der Waals surface area contributed by atoms with Gasteiger partial charge in [-0.05, 0) is 19.9 Å². The second-order valence-electron chi connectivity index (χ2n) is 4.24. The fraction of sp³-hybridized carbons (Fsp3) is 0.154. The molecule has 17 heavy (non-hydrogen) atoms. The van der Waals surface area contributed by atoms with Crippen LogP contribution in [-0.4, -0.2) is 14.6 Å². The highest BCUT2D eigenvalue weighted by Crippen LogP contribution is 2.04. The number of nitrogens with zero attached hydrogens (tertiary/aromatic N) is 4. The van der Waals surface area contributed by atoms with Crippen LogP contribution in [0.2, 0.25) is 0 Å². The van der Waals surface area contributed by atoms with Crippen LogP contribution >= 0.6 is 0 Å². The summed E-state index contributed by atoms with van der Waals surface area (Å²) < 4.78 is 3.85. The van der Waals surface area contributed by atoms with E-state index >= 15 is 0 Å². The van der Waals surface area contributed by atoms with Crippen molar-refractivity contribution in [2.75, 3.05) is 0 Å². The molecule has 0 atom stereocenters. The van der Waals surface area contributed by atoms with Crippen molar-refractivity contribution in [3.05, 3.63) is 54.2 Å². The van der Waals surface area contributed by atoms with Crippen molar-refractivity contribution in [2.45, 2.75) is 13.8 Å². The molecule has 0 amide bonds. The minimum Gasteiger partial charge on any atom is -0.230 e. The van der Waals surface area contributed by atoms with E-state index in [0.717, 1.165) is 11.3 Å². The average molecular weight is 225 g/mol. The Morgan fingerprint density at radius 2 is 1.94 bits per heavy atom. The Labute approximate surface area is 99.2 Å². The van der Waals surface area contributed by atoms with E-state index in [2.05, 4.69) is 47.0 Å². The normalized spacial score (nSPS) is 10.9. The Morgan fingerprint density at radius 3 is 2.71 bits per heavy atom. The minimum absolute atomic E-state index is 0.860. The van der Waals surface area contributed by atoms with Crippen molar-refractivity contribution >= 4 is 5.65 Å². The Balaban J connectivity index is 2.19. The zero-order valence-electron chi connectivity index (χ0n) is 9.83.